The Morgan fingerprint density at radius 1 is 1.36 bits per heavy atom. The number of carbonyl (C=O) groups is 1. The van der Waals surface area contributed by atoms with E-state index >= 15 is 0 Å². The molecule has 0 bridgehead atoms. The zero-order chi connectivity index (χ0) is 19.5. The third kappa shape index (κ3) is 3.81. The topological polar surface area (TPSA) is 74.0 Å². The third-order valence-corrected chi connectivity index (χ3v) is 5.12. The first-order chi connectivity index (χ1) is 13.6. The van der Waals surface area contributed by atoms with Crippen molar-refractivity contribution in [3.63, 3.8) is 0 Å². The number of hydrogen-bond donors (Lipinski definition) is 1. The van der Waals surface area contributed by atoms with Gasteiger partial charge in [-0.25, -0.2) is 4.98 Å². The summed E-state index contributed by atoms with van der Waals surface area (Å²) in [6, 6.07) is 7.65. The number of carbonyl (C=O) groups excluding carboxylic acids is 1. The van der Waals surface area contributed by atoms with E-state index in [0.29, 0.717) is 24.7 Å². The molecule has 0 spiro atoms. The highest BCUT2D eigenvalue weighted by atomic mass is 35.5. The lowest BCUT2D eigenvalue weighted by Gasteiger charge is -2.13. The Kier molecular flexibility index (Phi) is 5.45. The lowest BCUT2D eigenvalue weighted by Crippen LogP contribution is -2.36. The average molecular weight is 400 g/mol. The van der Waals surface area contributed by atoms with Gasteiger partial charge in [0.2, 0.25) is 5.91 Å². The first kappa shape index (κ1) is 18.7. The zero-order valence-corrected chi connectivity index (χ0v) is 16.4. The Morgan fingerprint density at radius 2 is 2.18 bits per heavy atom. The molecule has 2 aromatic heterocycles. The number of ether oxygens (including phenoxy) is 1. The van der Waals surface area contributed by atoms with Crippen molar-refractivity contribution in [2.45, 2.75) is 25.5 Å². The molecule has 0 aliphatic carbocycles. The smallest absolute Gasteiger partial charge is 0.249 e. The minimum atomic E-state index is -0.323. The van der Waals surface area contributed by atoms with Gasteiger partial charge in [0.05, 0.1) is 12.7 Å². The summed E-state index contributed by atoms with van der Waals surface area (Å²) in [5.74, 6) is 0.758. The van der Waals surface area contributed by atoms with E-state index in [1.807, 2.05) is 53.0 Å². The second kappa shape index (κ2) is 8.16. The van der Waals surface area contributed by atoms with Gasteiger partial charge in [0, 0.05) is 43.2 Å². The Hall–Kier alpha value is -2.64. The van der Waals surface area contributed by atoms with Crippen LogP contribution in [0, 0.1) is 0 Å². The fourth-order valence-electron chi connectivity index (χ4n) is 3.41. The van der Waals surface area contributed by atoms with Crippen molar-refractivity contribution in [1.29, 1.82) is 0 Å². The van der Waals surface area contributed by atoms with Crippen LogP contribution in [0.4, 0.5) is 0 Å². The molecule has 1 saturated heterocycles. The molecule has 1 N–H and O–H groups in total. The van der Waals surface area contributed by atoms with Gasteiger partial charge < -0.3 is 14.6 Å². The van der Waals surface area contributed by atoms with E-state index in [9.17, 15) is 4.79 Å². The molecule has 7 nitrogen and oxygen atoms in total. The molecular weight excluding hydrogens is 378 g/mol. The number of aryl methyl sites for hydroxylation is 1. The summed E-state index contributed by atoms with van der Waals surface area (Å²) in [6.07, 6.45) is 6.89. The van der Waals surface area contributed by atoms with Gasteiger partial charge in [-0.2, -0.15) is 5.10 Å². The largest absolute Gasteiger partial charge is 0.368 e. The summed E-state index contributed by atoms with van der Waals surface area (Å²) in [5.41, 5.74) is 2.88. The van der Waals surface area contributed by atoms with E-state index in [2.05, 4.69) is 15.4 Å². The van der Waals surface area contributed by atoms with Crippen molar-refractivity contribution < 1.29 is 9.53 Å². The van der Waals surface area contributed by atoms with Crippen molar-refractivity contribution >= 4 is 17.5 Å². The van der Waals surface area contributed by atoms with E-state index in [1.165, 1.54) is 0 Å². The maximum atomic E-state index is 12.2. The van der Waals surface area contributed by atoms with Gasteiger partial charge in [0.25, 0.3) is 0 Å². The van der Waals surface area contributed by atoms with E-state index < -0.39 is 0 Å². The number of rotatable bonds is 6. The first-order valence-electron chi connectivity index (χ1n) is 9.32. The molecule has 0 saturated carbocycles. The number of nitrogens with zero attached hydrogens (tertiary/aromatic N) is 4. The van der Waals surface area contributed by atoms with Crippen LogP contribution in [0.3, 0.4) is 0 Å². The summed E-state index contributed by atoms with van der Waals surface area (Å²) in [4.78, 5) is 16.7. The molecule has 4 rings (SSSR count). The normalized spacial score (nSPS) is 16.4. The molecule has 28 heavy (non-hydrogen) atoms. The summed E-state index contributed by atoms with van der Waals surface area (Å²) < 4.78 is 9.26. The molecular formula is C20H22ClN5O2. The van der Waals surface area contributed by atoms with Crippen molar-refractivity contribution in [3.05, 3.63) is 47.9 Å². The average Bonchev–Trinajstić information content (AvgIpc) is 3.43. The Morgan fingerprint density at radius 3 is 2.86 bits per heavy atom. The summed E-state index contributed by atoms with van der Waals surface area (Å²) >= 11 is 6.03. The summed E-state index contributed by atoms with van der Waals surface area (Å²) in [7, 11) is 1.95. The molecule has 1 fully saturated rings. The van der Waals surface area contributed by atoms with Crippen molar-refractivity contribution in [2.24, 2.45) is 7.05 Å². The molecule has 1 aliphatic heterocycles. The molecule has 1 amide bonds. The number of halogens is 1. The SMILES string of the molecule is Cn1ccnc1-c1c(-c2ccc(Cl)cc2)cnn1CCNC(=O)C1CCCO1. The van der Waals surface area contributed by atoms with Gasteiger partial charge in [0.1, 0.15) is 11.8 Å². The standard InChI is InChI=1S/C20H22ClN5O2/c1-25-10-8-22-19(25)18-16(14-4-6-15(21)7-5-14)13-24-26(18)11-9-23-20(27)17-3-2-12-28-17/h4-8,10,13,17H,2-3,9,11-12H2,1H3,(H,23,27). The lowest BCUT2D eigenvalue weighted by molar-refractivity contribution is -0.130. The molecule has 1 unspecified atom stereocenters. The molecule has 3 heterocycles. The van der Waals surface area contributed by atoms with Crippen LogP contribution in [0.15, 0.2) is 42.9 Å². The monoisotopic (exact) mass is 399 g/mol. The van der Waals surface area contributed by atoms with E-state index in [1.54, 1.807) is 6.20 Å². The molecule has 8 heteroatoms. The van der Waals surface area contributed by atoms with Crippen LogP contribution in [0.1, 0.15) is 12.8 Å². The Labute approximate surface area is 168 Å². The minimum absolute atomic E-state index is 0.0545. The zero-order valence-electron chi connectivity index (χ0n) is 15.6. The van der Waals surface area contributed by atoms with Crippen LogP contribution in [0.5, 0.6) is 0 Å². The fraction of sp³-hybridized carbons (Fsp3) is 0.350. The molecule has 1 aliphatic rings. The van der Waals surface area contributed by atoms with Crippen LogP contribution >= 0.6 is 11.6 Å². The molecule has 3 aromatic rings. The maximum Gasteiger partial charge on any atom is 0.249 e. The predicted molar refractivity (Wildman–Crippen MR) is 107 cm³/mol. The minimum Gasteiger partial charge on any atom is -0.368 e. The van der Waals surface area contributed by atoms with Gasteiger partial charge in [-0.05, 0) is 30.5 Å². The molecule has 1 atom stereocenters. The quantitative estimate of drug-likeness (QED) is 0.691. The van der Waals surface area contributed by atoms with Gasteiger partial charge in [-0.15, -0.1) is 0 Å². The number of imidazole rings is 1. The highest BCUT2D eigenvalue weighted by Crippen LogP contribution is 2.31. The molecule has 1 aromatic carbocycles. The van der Waals surface area contributed by atoms with Gasteiger partial charge >= 0.3 is 0 Å². The second-order valence-corrected chi connectivity index (χ2v) is 7.23. The number of amides is 1. The van der Waals surface area contributed by atoms with Crippen LogP contribution < -0.4 is 5.32 Å². The Bertz CT molecular complexity index is 957. The van der Waals surface area contributed by atoms with Crippen LogP contribution in [0.2, 0.25) is 5.02 Å². The third-order valence-electron chi connectivity index (χ3n) is 4.87. The summed E-state index contributed by atoms with van der Waals surface area (Å²) in [6.45, 7) is 1.66. The highest BCUT2D eigenvalue weighted by molar-refractivity contribution is 6.30. The number of aromatic nitrogens is 4. The van der Waals surface area contributed by atoms with Gasteiger partial charge in [-0.3, -0.25) is 9.48 Å². The van der Waals surface area contributed by atoms with E-state index in [4.69, 9.17) is 16.3 Å². The van der Waals surface area contributed by atoms with E-state index in [0.717, 1.165) is 35.5 Å². The fourth-order valence-corrected chi connectivity index (χ4v) is 3.53. The van der Waals surface area contributed by atoms with Gasteiger partial charge in [-0.1, -0.05) is 23.7 Å². The first-order valence-corrected chi connectivity index (χ1v) is 9.70. The molecule has 146 valence electrons. The highest BCUT2D eigenvalue weighted by Gasteiger charge is 2.23. The van der Waals surface area contributed by atoms with Crippen LogP contribution in [-0.2, 0) is 23.1 Å². The number of hydrogen-bond acceptors (Lipinski definition) is 4. The van der Waals surface area contributed by atoms with Crippen molar-refractivity contribution in [3.8, 4) is 22.6 Å². The van der Waals surface area contributed by atoms with Crippen molar-refractivity contribution in [1.82, 2.24) is 24.6 Å². The number of benzene rings is 1. The second-order valence-electron chi connectivity index (χ2n) is 6.79. The van der Waals surface area contributed by atoms with Crippen LogP contribution in [-0.4, -0.2) is 44.5 Å². The van der Waals surface area contributed by atoms with Gasteiger partial charge in [0.15, 0.2) is 5.82 Å². The van der Waals surface area contributed by atoms with E-state index in [-0.39, 0.29) is 12.0 Å². The molecule has 0 radical (unpaired) electrons. The maximum absolute atomic E-state index is 12.2. The lowest BCUT2D eigenvalue weighted by atomic mass is 10.1. The summed E-state index contributed by atoms with van der Waals surface area (Å²) in [5, 5.41) is 8.19. The van der Waals surface area contributed by atoms with Crippen molar-refractivity contribution in [2.75, 3.05) is 13.2 Å². The number of nitrogens with one attached hydrogen (secondary N) is 1. The predicted octanol–water partition coefficient (Wildman–Crippen LogP) is 2.90. The Balaban J connectivity index is 1.57. The van der Waals surface area contributed by atoms with Crippen LogP contribution in [0.25, 0.3) is 22.6 Å².